The molecule has 1 saturated heterocycles. The molecular formula is C34H38N4O5. The number of rotatable bonds is 9. The van der Waals surface area contributed by atoms with Crippen molar-refractivity contribution in [1.29, 1.82) is 0 Å². The predicted molar refractivity (Wildman–Crippen MR) is 163 cm³/mol. The highest BCUT2D eigenvalue weighted by molar-refractivity contribution is 5.90. The average molecular weight is 583 g/mol. The van der Waals surface area contributed by atoms with E-state index in [9.17, 15) is 9.90 Å². The second-order valence-electron chi connectivity index (χ2n) is 11.2. The number of aromatic nitrogens is 3. The zero-order valence-corrected chi connectivity index (χ0v) is 24.8. The minimum atomic E-state index is -1.10. The largest absolute Gasteiger partial charge is 0.488 e. The minimum Gasteiger partial charge on any atom is -0.488 e. The molecule has 1 N–H and O–H groups in total. The third-order valence-electron chi connectivity index (χ3n) is 8.25. The van der Waals surface area contributed by atoms with E-state index in [0.29, 0.717) is 30.8 Å². The zero-order valence-electron chi connectivity index (χ0n) is 24.8. The van der Waals surface area contributed by atoms with Gasteiger partial charge in [-0.2, -0.15) is 9.78 Å². The van der Waals surface area contributed by atoms with Crippen LogP contribution in [0.4, 0.5) is 0 Å². The molecule has 2 aromatic carbocycles. The van der Waals surface area contributed by atoms with Gasteiger partial charge in [-0.15, -0.1) is 0 Å². The predicted octanol–water partition coefficient (Wildman–Crippen LogP) is 5.85. The lowest BCUT2D eigenvalue weighted by Gasteiger charge is -2.33. The number of aryl methyl sites for hydroxylation is 2. The lowest BCUT2D eigenvalue weighted by molar-refractivity contribution is 0.0151. The van der Waals surface area contributed by atoms with Crippen molar-refractivity contribution >= 4 is 5.97 Å². The Balaban J connectivity index is 1.23. The Morgan fingerprint density at radius 1 is 1.09 bits per heavy atom. The molecule has 0 radical (unpaired) electrons. The maximum absolute atomic E-state index is 11.7. The number of pyridine rings is 1. The smallest absolute Gasteiger partial charge is 0.342 e. The van der Waals surface area contributed by atoms with Gasteiger partial charge >= 0.3 is 5.97 Å². The monoisotopic (exact) mass is 582 g/mol. The van der Waals surface area contributed by atoms with E-state index in [0.717, 1.165) is 68.0 Å². The second kappa shape index (κ2) is 13.0. The maximum Gasteiger partial charge on any atom is 0.342 e. The van der Waals surface area contributed by atoms with Crippen LogP contribution in [0.1, 0.15) is 58.8 Å². The van der Waals surface area contributed by atoms with Crippen LogP contribution in [0.2, 0.25) is 0 Å². The van der Waals surface area contributed by atoms with Crippen LogP contribution in [0.5, 0.6) is 11.6 Å². The normalized spacial score (nSPS) is 17.2. The first kappa shape index (κ1) is 28.9. The Morgan fingerprint density at radius 3 is 2.79 bits per heavy atom. The molecule has 0 bridgehead atoms. The number of nitrogens with zero attached hydrogens (tertiary/aromatic N) is 4. The van der Waals surface area contributed by atoms with E-state index in [2.05, 4.69) is 28.2 Å². The van der Waals surface area contributed by atoms with E-state index in [1.807, 2.05) is 37.3 Å². The van der Waals surface area contributed by atoms with E-state index < -0.39 is 5.97 Å². The summed E-state index contributed by atoms with van der Waals surface area (Å²) in [6.07, 6.45) is 5.86. The topological polar surface area (TPSA) is 98.9 Å². The van der Waals surface area contributed by atoms with Crippen molar-refractivity contribution in [3.8, 4) is 28.7 Å². The van der Waals surface area contributed by atoms with Gasteiger partial charge in [0.15, 0.2) is 5.82 Å². The van der Waals surface area contributed by atoms with Crippen LogP contribution in [0, 0.1) is 6.92 Å². The molecule has 2 aliphatic rings. The summed E-state index contributed by atoms with van der Waals surface area (Å²) in [6, 6.07) is 18.9. The fraction of sp³-hybridized carbons (Fsp3) is 0.382. The van der Waals surface area contributed by atoms with Gasteiger partial charge in [0, 0.05) is 24.8 Å². The van der Waals surface area contributed by atoms with Gasteiger partial charge in [-0.1, -0.05) is 36.4 Å². The molecule has 9 heteroatoms. The SMILES string of the molecule is CCOc1c(C(=O)O)cnn1-c1cccc(-c2cccc(C)c2OCc2ccc3c(c2)CCCN(C2CCCOC2)C3)n1. The Labute approximate surface area is 252 Å². The fourth-order valence-electron chi connectivity index (χ4n) is 6.07. The Morgan fingerprint density at radius 2 is 1.98 bits per heavy atom. The third-order valence-corrected chi connectivity index (χ3v) is 8.25. The lowest BCUT2D eigenvalue weighted by atomic mass is 10.0. The standard InChI is InChI=1S/C34H38N4O5/c1-3-42-33-29(34(39)40)19-35-38(33)31-13-5-12-30(36-31)28-11-4-8-23(2)32(28)43-21-24-14-15-26-20-37(16-6-9-25(26)18-24)27-10-7-17-41-22-27/h4-5,8,11-15,18-19,27H,3,6-7,9-10,16-17,20-22H2,1-2H3,(H,39,40). The molecule has 1 atom stereocenters. The average Bonchev–Trinajstić information content (AvgIpc) is 3.33. The highest BCUT2D eigenvalue weighted by Gasteiger charge is 2.25. The summed E-state index contributed by atoms with van der Waals surface area (Å²) in [6.45, 7) is 8.40. The number of aromatic carboxylic acids is 1. The molecule has 4 heterocycles. The van der Waals surface area contributed by atoms with Crippen molar-refractivity contribution in [2.75, 3.05) is 26.4 Å². The van der Waals surface area contributed by atoms with Crippen LogP contribution < -0.4 is 9.47 Å². The second-order valence-corrected chi connectivity index (χ2v) is 11.2. The summed E-state index contributed by atoms with van der Waals surface area (Å²) >= 11 is 0. The number of hydrogen-bond donors (Lipinski definition) is 1. The van der Waals surface area contributed by atoms with Crippen molar-refractivity contribution in [1.82, 2.24) is 19.7 Å². The lowest BCUT2D eigenvalue weighted by Crippen LogP contribution is -2.40. The van der Waals surface area contributed by atoms with Crippen LogP contribution in [0.15, 0.2) is 60.8 Å². The zero-order chi connectivity index (χ0) is 29.8. The molecule has 43 heavy (non-hydrogen) atoms. The van der Waals surface area contributed by atoms with Gasteiger partial charge in [0.1, 0.15) is 17.9 Å². The first-order valence-electron chi connectivity index (χ1n) is 15.1. The first-order valence-corrected chi connectivity index (χ1v) is 15.1. The number of ether oxygens (including phenoxy) is 3. The molecule has 224 valence electrons. The van der Waals surface area contributed by atoms with E-state index in [-0.39, 0.29) is 11.4 Å². The Hall–Kier alpha value is -4.21. The number of fused-ring (bicyclic) bond motifs is 1. The number of carboxylic acid groups (broad SMARTS) is 1. The van der Waals surface area contributed by atoms with Crippen molar-refractivity contribution in [2.24, 2.45) is 0 Å². The molecule has 6 rings (SSSR count). The number of para-hydroxylation sites is 1. The molecule has 1 fully saturated rings. The number of benzene rings is 2. The van der Waals surface area contributed by atoms with Crippen molar-refractivity contribution in [2.45, 2.75) is 58.7 Å². The van der Waals surface area contributed by atoms with Crippen molar-refractivity contribution in [3.63, 3.8) is 0 Å². The van der Waals surface area contributed by atoms with E-state index in [1.165, 1.54) is 28.4 Å². The van der Waals surface area contributed by atoms with Gasteiger partial charge in [-0.05, 0) is 86.5 Å². The van der Waals surface area contributed by atoms with Gasteiger partial charge in [-0.25, -0.2) is 9.78 Å². The van der Waals surface area contributed by atoms with Crippen molar-refractivity contribution in [3.05, 3.63) is 88.6 Å². The molecule has 0 aliphatic carbocycles. The summed E-state index contributed by atoms with van der Waals surface area (Å²) in [5.41, 5.74) is 6.50. The molecule has 2 aromatic heterocycles. The van der Waals surface area contributed by atoms with Gasteiger partial charge in [0.25, 0.3) is 0 Å². The summed E-state index contributed by atoms with van der Waals surface area (Å²) in [7, 11) is 0. The summed E-state index contributed by atoms with van der Waals surface area (Å²) < 4.78 is 19.3. The summed E-state index contributed by atoms with van der Waals surface area (Å²) in [5, 5.41) is 13.8. The summed E-state index contributed by atoms with van der Waals surface area (Å²) in [4.78, 5) is 19.1. The van der Waals surface area contributed by atoms with Gasteiger partial charge in [-0.3, -0.25) is 4.90 Å². The van der Waals surface area contributed by atoms with Crippen LogP contribution >= 0.6 is 0 Å². The quantitative estimate of drug-likeness (QED) is 0.263. The fourth-order valence-corrected chi connectivity index (χ4v) is 6.07. The highest BCUT2D eigenvalue weighted by Crippen LogP contribution is 2.34. The molecular weight excluding hydrogens is 544 g/mol. The third kappa shape index (κ3) is 6.28. The molecule has 4 aromatic rings. The van der Waals surface area contributed by atoms with Crippen LogP contribution in [-0.4, -0.2) is 63.1 Å². The molecule has 0 amide bonds. The van der Waals surface area contributed by atoms with E-state index >= 15 is 0 Å². The Bertz CT molecular complexity index is 1590. The molecule has 0 spiro atoms. The van der Waals surface area contributed by atoms with Gasteiger partial charge in [0.2, 0.25) is 5.88 Å². The van der Waals surface area contributed by atoms with E-state index in [1.54, 1.807) is 13.0 Å². The van der Waals surface area contributed by atoms with Gasteiger partial charge < -0.3 is 19.3 Å². The van der Waals surface area contributed by atoms with Gasteiger partial charge in [0.05, 0.1) is 25.1 Å². The number of hydrogen-bond acceptors (Lipinski definition) is 7. The molecule has 2 aliphatic heterocycles. The van der Waals surface area contributed by atoms with E-state index in [4.69, 9.17) is 19.2 Å². The first-order chi connectivity index (χ1) is 21.0. The molecule has 9 nitrogen and oxygen atoms in total. The van der Waals surface area contributed by atoms with Crippen LogP contribution in [-0.2, 0) is 24.3 Å². The Kier molecular flexibility index (Phi) is 8.72. The molecule has 1 unspecified atom stereocenters. The summed E-state index contributed by atoms with van der Waals surface area (Å²) in [5.74, 6) is 0.274. The van der Waals surface area contributed by atoms with Crippen molar-refractivity contribution < 1.29 is 24.1 Å². The number of carbonyl (C=O) groups is 1. The minimum absolute atomic E-state index is 0.00917. The van der Waals surface area contributed by atoms with Crippen LogP contribution in [0.25, 0.3) is 17.1 Å². The number of carboxylic acids is 1. The molecule has 0 saturated carbocycles. The highest BCUT2D eigenvalue weighted by atomic mass is 16.5. The van der Waals surface area contributed by atoms with Crippen LogP contribution in [0.3, 0.4) is 0 Å². The maximum atomic E-state index is 11.7.